The van der Waals surface area contributed by atoms with Crippen molar-refractivity contribution >= 4 is 29.2 Å². The van der Waals surface area contributed by atoms with Crippen LogP contribution in [-0.2, 0) is 0 Å². The SMILES string of the molecule is Cc1cc(Cl)ccc1C(=O)Nc1ccc(F)c(C(=O)O)c1. The molecule has 0 radical (unpaired) electrons. The number of amides is 1. The van der Waals surface area contributed by atoms with Crippen molar-refractivity contribution in [2.75, 3.05) is 5.32 Å². The largest absolute Gasteiger partial charge is 0.478 e. The molecular formula is C15H11ClFNO3. The van der Waals surface area contributed by atoms with Crippen LogP contribution in [0.2, 0.25) is 5.02 Å². The van der Waals surface area contributed by atoms with Crippen molar-refractivity contribution < 1.29 is 19.1 Å². The minimum Gasteiger partial charge on any atom is -0.478 e. The number of rotatable bonds is 3. The van der Waals surface area contributed by atoms with Gasteiger partial charge in [-0.1, -0.05) is 11.6 Å². The van der Waals surface area contributed by atoms with Gasteiger partial charge in [0, 0.05) is 16.3 Å². The summed E-state index contributed by atoms with van der Waals surface area (Å²) in [6.45, 7) is 1.73. The highest BCUT2D eigenvalue weighted by Crippen LogP contribution is 2.19. The van der Waals surface area contributed by atoms with E-state index in [1.165, 1.54) is 6.07 Å². The zero-order valence-corrected chi connectivity index (χ0v) is 11.7. The van der Waals surface area contributed by atoms with Crippen LogP contribution in [0.5, 0.6) is 0 Å². The van der Waals surface area contributed by atoms with Gasteiger partial charge in [0.25, 0.3) is 5.91 Å². The van der Waals surface area contributed by atoms with Crippen molar-refractivity contribution in [3.63, 3.8) is 0 Å². The molecule has 0 aliphatic rings. The maximum atomic E-state index is 13.3. The van der Waals surface area contributed by atoms with Crippen molar-refractivity contribution in [3.8, 4) is 0 Å². The van der Waals surface area contributed by atoms with Gasteiger partial charge in [0.1, 0.15) is 5.82 Å². The van der Waals surface area contributed by atoms with Crippen LogP contribution in [0.15, 0.2) is 36.4 Å². The van der Waals surface area contributed by atoms with Crippen LogP contribution in [0.3, 0.4) is 0 Å². The topological polar surface area (TPSA) is 66.4 Å². The molecule has 108 valence electrons. The van der Waals surface area contributed by atoms with Gasteiger partial charge in [-0.05, 0) is 48.9 Å². The first-order valence-corrected chi connectivity index (χ1v) is 6.36. The molecule has 0 fully saturated rings. The van der Waals surface area contributed by atoms with E-state index < -0.39 is 23.3 Å². The zero-order chi connectivity index (χ0) is 15.6. The van der Waals surface area contributed by atoms with Gasteiger partial charge in [0.15, 0.2) is 0 Å². The second-order valence-electron chi connectivity index (χ2n) is 4.41. The summed E-state index contributed by atoms with van der Waals surface area (Å²) in [7, 11) is 0. The number of aromatic carboxylic acids is 1. The summed E-state index contributed by atoms with van der Waals surface area (Å²) < 4.78 is 13.3. The van der Waals surface area contributed by atoms with Crippen molar-refractivity contribution in [3.05, 3.63) is 63.9 Å². The second kappa shape index (κ2) is 5.93. The maximum Gasteiger partial charge on any atom is 0.338 e. The van der Waals surface area contributed by atoms with Crippen molar-refractivity contribution in [1.82, 2.24) is 0 Å². The minimum absolute atomic E-state index is 0.202. The molecule has 0 aromatic heterocycles. The summed E-state index contributed by atoms with van der Waals surface area (Å²) >= 11 is 5.82. The Morgan fingerprint density at radius 1 is 1.14 bits per heavy atom. The molecule has 0 aliphatic heterocycles. The molecule has 0 spiro atoms. The molecule has 0 aliphatic carbocycles. The van der Waals surface area contributed by atoms with Crippen molar-refractivity contribution in [2.24, 2.45) is 0 Å². The number of benzene rings is 2. The Hall–Kier alpha value is -2.40. The molecular weight excluding hydrogens is 297 g/mol. The van der Waals surface area contributed by atoms with E-state index in [4.69, 9.17) is 16.7 Å². The molecule has 2 rings (SSSR count). The summed E-state index contributed by atoms with van der Waals surface area (Å²) in [6.07, 6.45) is 0. The van der Waals surface area contributed by atoms with Crippen LogP contribution in [0.4, 0.5) is 10.1 Å². The van der Waals surface area contributed by atoms with Crippen LogP contribution in [0.25, 0.3) is 0 Å². The number of carbonyl (C=O) groups excluding carboxylic acids is 1. The van der Waals surface area contributed by atoms with Gasteiger partial charge in [-0.15, -0.1) is 0 Å². The number of carbonyl (C=O) groups is 2. The summed E-state index contributed by atoms with van der Waals surface area (Å²) in [5, 5.41) is 11.9. The highest BCUT2D eigenvalue weighted by Gasteiger charge is 2.14. The lowest BCUT2D eigenvalue weighted by Crippen LogP contribution is -2.14. The lowest BCUT2D eigenvalue weighted by Gasteiger charge is -2.09. The van der Waals surface area contributed by atoms with Crippen LogP contribution in [-0.4, -0.2) is 17.0 Å². The maximum absolute atomic E-state index is 13.3. The number of halogens is 2. The number of carboxylic acid groups (broad SMARTS) is 1. The average Bonchev–Trinajstić information content (AvgIpc) is 2.40. The second-order valence-corrected chi connectivity index (χ2v) is 4.85. The lowest BCUT2D eigenvalue weighted by molar-refractivity contribution is 0.0691. The fourth-order valence-electron chi connectivity index (χ4n) is 1.85. The predicted octanol–water partition coefficient (Wildman–Crippen LogP) is 3.74. The smallest absolute Gasteiger partial charge is 0.338 e. The minimum atomic E-state index is -1.40. The molecule has 6 heteroatoms. The van der Waals surface area contributed by atoms with Gasteiger partial charge >= 0.3 is 5.97 Å². The number of hydrogen-bond donors (Lipinski definition) is 2. The van der Waals surface area contributed by atoms with Gasteiger partial charge < -0.3 is 10.4 Å². The predicted molar refractivity (Wildman–Crippen MR) is 77.5 cm³/mol. The molecule has 0 bridgehead atoms. The number of hydrogen-bond acceptors (Lipinski definition) is 2. The Bertz CT molecular complexity index is 731. The van der Waals surface area contributed by atoms with E-state index in [2.05, 4.69) is 5.32 Å². The molecule has 21 heavy (non-hydrogen) atoms. The van der Waals surface area contributed by atoms with E-state index in [0.717, 1.165) is 12.1 Å². The molecule has 2 aromatic rings. The first-order valence-electron chi connectivity index (χ1n) is 5.99. The number of nitrogens with one attached hydrogen (secondary N) is 1. The summed E-state index contributed by atoms with van der Waals surface area (Å²) in [5.74, 6) is -2.68. The third kappa shape index (κ3) is 3.38. The van der Waals surface area contributed by atoms with E-state index in [1.54, 1.807) is 25.1 Å². The summed E-state index contributed by atoms with van der Waals surface area (Å²) in [4.78, 5) is 23.0. The third-order valence-corrected chi connectivity index (χ3v) is 3.12. The van der Waals surface area contributed by atoms with Crippen molar-refractivity contribution in [1.29, 1.82) is 0 Å². The molecule has 0 atom stereocenters. The van der Waals surface area contributed by atoms with Gasteiger partial charge in [-0.25, -0.2) is 9.18 Å². The monoisotopic (exact) mass is 307 g/mol. The molecule has 0 unspecified atom stereocenters. The first-order chi connectivity index (χ1) is 9.88. The van der Waals surface area contributed by atoms with Crippen LogP contribution in [0, 0.1) is 12.7 Å². The highest BCUT2D eigenvalue weighted by atomic mass is 35.5. The van der Waals surface area contributed by atoms with Gasteiger partial charge in [0.05, 0.1) is 5.56 Å². The van der Waals surface area contributed by atoms with Crippen LogP contribution in [0.1, 0.15) is 26.3 Å². The van der Waals surface area contributed by atoms with Gasteiger partial charge in [-0.3, -0.25) is 4.79 Å². The fraction of sp³-hybridized carbons (Fsp3) is 0.0667. The van der Waals surface area contributed by atoms with Crippen LogP contribution < -0.4 is 5.32 Å². The molecule has 0 saturated heterocycles. The quantitative estimate of drug-likeness (QED) is 0.907. The zero-order valence-electron chi connectivity index (χ0n) is 11.0. The molecule has 0 saturated carbocycles. The van der Waals surface area contributed by atoms with Gasteiger partial charge in [0.2, 0.25) is 0 Å². The van der Waals surface area contributed by atoms with Gasteiger partial charge in [-0.2, -0.15) is 0 Å². The van der Waals surface area contributed by atoms with E-state index in [0.29, 0.717) is 16.1 Å². The average molecular weight is 308 g/mol. The normalized spacial score (nSPS) is 10.2. The molecule has 2 aromatic carbocycles. The third-order valence-electron chi connectivity index (χ3n) is 2.89. The molecule has 2 N–H and O–H groups in total. The number of aryl methyl sites for hydroxylation is 1. The molecule has 0 heterocycles. The summed E-state index contributed by atoms with van der Waals surface area (Å²) in [5.41, 5.74) is 0.787. The standard InChI is InChI=1S/C15H11ClFNO3/c1-8-6-9(16)2-4-11(8)14(19)18-10-3-5-13(17)12(7-10)15(20)21/h2-7H,1H3,(H,18,19)(H,20,21). The Morgan fingerprint density at radius 3 is 2.48 bits per heavy atom. The van der Waals surface area contributed by atoms with E-state index >= 15 is 0 Å². The molecule has 4 nitrogen and oxygen atoms in total. The Labute approximate surface area is 125 Å². The Balaban J connectivity index is 2.27. The van der Waals surface area contributed by atoms with Crippen molar-refractivity contribution in [2.45, 2.75) is 6.92 Å². The van der Waals surface area contributed by atoms with E-state index in [9.17, 15) is 14.0 Å². The highest BCUT2D eigenvalue weighted by molar-refractivity contribution is 6.30. The lowest BCUT2D eigenvalue weighted by atomic mass is 10.1. The Morgan fingerprint density at radius 2 is 1.86 bits per heavy atom. The number of carboxylic acids is 1. The summed E-state index contributed by atoms with van der Waals surface area (Å²) in [6, 6.07) is 8.15. The first kappa shape index (κ1) is 15.0. The fourth-order valence-corrected chi connectivity index (χ4v) is 2.07. The van der Waals surface area contributed by atoms with E-state index in [-0.39, 0.29) is 5.69 Å². The number of anilines is 1. The Kier molecular flexibility index (Phi) is 4.23. The van der Waals surface area contributed by atoms with Crippen LogP contribution >= 0.6 is 11.6 Å². The molecule has 1 amide bonds. The van der Waals surface area contributed by atoms with E-state index in [1.807, 2.05) is 0 Å².